The molecule has 8 heteroatoms. The molecule has 0 radical (unpaired) electrons. The average molecular weight is 476 g/mol. The number of alkyl halides is 3. The van der Waals surface area contributed by atoms with Crippen molar-refractivity contribution < 1.29 is 22.4 Å². The van der Waals surface area contributed by atoms with Crippen LogP contribution in [0.4, 0.5) is 18.9 Å². The van der Waals surface area contributed by atoms with E-state index in [4.69, 9.17) is 4.42 Å². The SMILES string of the molecule is O=C(/C=C/c1ccc(I)o1)N1CCN(c2cccc(C(F)(F)F)c2)CC1. The Labute approximate surface area is 162 Å². The maximum atomic E-state index is 12.8. The van der Waals surface area contributed by atoms with Gasteiger partial charge in [0.2, 0.25) is 5.91 Å². The van der Waals surface area contributed by atoms with E-state index in [1.54, 1.807) is 29.2 Å². The molecule has 0 aliphatic carbocycles. The van der Waals surface area contributed by atoms with Gasteiger partial charge in [0.1, 0.15) is 5.76 Å². The number of furan rings is 1. The molecule has 0 bridgehead atoms. The Morgan fingerprint density at radius 1 is 1.12 bits per heavy atom. The van der Waals surface area contributed by atoms with Crippen molar-refractivity contribution in [3.63, 3.8) is 0 Å². The second kappa shape index (κ2) is 7.73. The van der Waals surface area contributed by atoms with Gasteiger partial charge in [0.05, 0.1) is 5.56 Å². The zero-order valence-electron chi connectivity index (χ0n) is 13.7. The fourth-order valence-electron chi connectivity index (χ4n) is 2.74. The first-order chi connectivity index (χ1) is 12.3. The summed E-state index contributed by atoms with van der Waals surface area (Å²) in [4.78, 5) is 15.8. The van der Waals surface area contributed by atoms with E-state index in [1.165, 1.54) is 12.1 Å². The molecule has 138 valence electrons. The van der Waals surface area contributed by atoms with Crippen molar-refractivity contribution in [2.24, 2.45) is 0 Å². The third kappa shape index (κ3) is 4.60. The number of halogens is 4. The third-order valence-corrected chi connectivity index (χ3v) is 4.69. The van der Waals surface area contributed by atoms with Crippen LogP contribution in [0.2, 0.25) is 0 Å². The van der Waals surface area contributed by atoms with E-state index in [0.29, 0.717) is 37.6 Å². The number of benzene rings is 1. The highest BCUT2D eigenvalue weighted by Gasteiger charge is 2.31. The van der Waals surface area contributed by atoms with E-state index in [2.05, 4.69) is 0 Å². The minimum absolute atomic E-state index is 0.139. The van der Waals surface area contributed by atoms with E-state index in [-0.39, 0.29) is 5.91 Å². The lowest BCUT2D eigenvalue weighted by atomic mass is 10.1. The minimum Gasteiger partial charge on any atom is -0.451 e. The Bertz CT molecular complexity index is 809. The van der Waals surface area contributed by atoms with E-state index in [1.807, 2.05) is 27.5 Å². The highest BCUT2D eigenvalue weighted by atomic mass is 127. The zero-order chi connectivity index (χ0) is 18.7. The largest absolute Gasteiger partial charge is 0.451 e. The van der Waals surface area contributed by atoms with Crippen LogP contribution in [-0.2, 0) is 11.0 Å². The molecule has 0 unspecified atom stereocenters. The summed E-state index contributed by atoms with van der Waals surface area (Å²) in [5, 5.41) is 0. The van der Waals surface area contributed by atoms with Crippen molar-refractivity contribution in [1.29, 1.82) is 0 Å². The predicted molar refractivity (Wildman–Crippen MR) is 101 cm³/mol. The number of nitrogens with zero attached hydrogens (tertiary/aromatic N) is 2. The lowest BCUT2D eigenvalue weighted by molar-refractivity contribution is -0.137. The topological polar surface area (TPSA) is 36.7 Å². The Kier molecular flexibility index (Phi) is 5.59. The molecule has 26 heavy (non-hydrogen) atoms. The van der Waals surface area contributed by atoms with E-state index < -0.39 is 11.7 Å². The summed E-state index contributed by atoms with van der Waals surface area (Å²) in [6.07, 6.45) is -1.29. The van der Waals surface area contributed by atoms with Gasteiger partial charge in [-0.2, -0.15) is 13.2 Å². The van der Waals surface area contributed by atoms with E-state index in [0.717, 1.165) is 15.9 Å². The standard InChI is InChI=1S/C18H16F3IN2O2/c19-18(20,21)13-2-1-3-14(12-13)23-8-10-24(11-9-23)17(25)7-5-15-4-6-16(22)26-15/h1-7,12H,8-11H2/b7-5+. The fourth-order valence-corrected chi connectivity index (χ4v) is 3.17. The Balaban J connectivity index is 1.59. The van der Waals surface area contributed by atoms with Crippen molar-refractivity contribution in [2.75, 3.05) is 31.1 Å². The van der Waals surface area contributed by atoms with Gasteiger partial charge in [-0.05, 0) is 59.0 Å². The minimum atomic E-state index is -4.36. The summed E-state index contributed by atoms with van der Waals surface area (Å²) in [6.45, 7) is 1.88. The van der Waals surface area contributed by atoms with Crippen LogP contribution in [-0.4, -0.2) is 37.0 Å². The van der Waals surface area contributed by atoms with Gasteiger partial charge in [-0.15, -0.1) is 0 Å². The average Bonchev–Trinajstić information content (AvgIpc) is 3.04. The van der Waals surface area contributed by atoms with Gasteiger partial charge in [0, 0.05) is 37.9 Å². The Hall–Kier alpha value is -1.97. The second-order valence-corrected chi connectivity index (χ2v) is 6.90. The van der Waals surface area contributed by atoms with Crippen molar-refractivity contribution in [2.45, 2.75) is 6.18 Å². The quantitative estimate of drug-likeness (QED) is 0.491. The van der Waals surface area contributed by atoms with Crippen molar-refractivity contribution in [3.8, 4) is 0 Å². The summed E-state index contributed by atoms with van der Waals surface area (Å²) in [7, 11) is 0. The molecule has 1 aromatic carbocycles. The smallest absolute Gasteiger partial charge is 0.416 e. The van der Waals surface area contributed by atoms with Gasteiger partial charge >= 0.3 is 6.18 Å². The summed E-state index contributed by atoms with van der Waals surface area (Å²) in [5.74, 6) is 0.463. The second-order valence-electron chi connectivity index (χ2n) is 5.84. The van der Waals surface area contributed by atoms with Crippen LogP contribution in [0.3, 0.4) is 0 Å². The van der Waals surface area contributed by atoms with Gasteiger partial charge in [-0.25, -0.2) is 0 Å². The maximum absolute atomic E-state index is 12.8. The first kappa shape index (κ1) is 18.8. The number of carbonyl (C=O) groups is 1. The molecule has 1 saturated heterocycles. The molecule has 0 spiro atoms. The highest BCUT2D eigenvalue weighted by Crippen LogP contribution is 2.31. The van der Waals surface area contributed by atoms with Gasteiger partial charge in [-0.1, -0.05) is 6.07 Å². The van der Waals surface area contributed by atoms with Gasteiger partial charge in [-0.3, -0.25) is 4.79 Å². The molecule has 1 aromatic heterocycles. The van der Waals surface area contributed by atoms with E-state index >= 15 is 0 Å². The number of amides is 1. The van der Waals surface area contributed by atoms with Crippen LogP contribution in [0.1, 0.15) is 11.3 Å². The molecule has 2 aromatic rings. The number of hydrogen-bond acceptors (Lipinski definition) is 3. The molecule has 1 fully saturated rings. The molecule has 0 saturated carbocycles. The highest BCUT2D eigenvalue weighted by molar-refractivity contribution is 14.1. The number of rotatable bonds is 3. The molecule has 1 amide bonds. The predicted octanol–water partition coefficient (Wildman–Crippen LogP) is 4.27. The number of anilines is 1. The first-order valence-corrected chi connectivity index (χ1v) is 9.05. The monoisotopic (exact) mass is 476 g/mol. The molecule has 1 aliphatic rings. The van der Waals surface area contributed by atoms with Gasteiger partial charge in [0.25, 0.3) is 0 Å². The maximum Gasteiger partial charge on any atom is 0.416 e. The summed E-state index contributed by atoms with van der Waals surface area (Å²) in [5.41, 5.74) is -0.142. The number of hydrogen-bond donors (Lipinski definition) is 0. The van der Waals surface area contributed by atoms with Crippen LogP contribution in [0.15, 0.2) is 46.9 Å². The molecular weight excluding hydrogens is 460 g/mol. The van der Waals surface area contributed by atoms with Crippen LogP contribution < -0.4 is 4.90 Å². The van der Waals surface area contributed by atoms with E-state index in [9.17, 15) is 18.0 Å². The summed E-state index contributed by atoms with van der Waals surface area (Å²) < 4.78 is 44.6. The molecule has 1 aliphatic heterocycles. The van der Waals surface area contributed by atoms with Crippen LogP contribution in [0.25, 0.3) is 6.08 Å². The van der Waals surface area contributed by atoms with Crippen molar-refractivity contribution >= 4 is 40.3 Å². The van der Waals surface area contributed by atoms with Crippen molar-refractivity contribution in [3.05, 3.63) is 57.6 Å². The molecule has 2 heterocycles. The zero-order valence-corrected chi connectivity index (χ0v) is 15.8. The molecular formula is C18H16F3IN2O2. The third-order valence-electron chi connectivity index (χ3n) is 4.11. The fraction of sp³-hybridized carbons (Fsp3) is 0.278. The summed E-state index contributed by atoms with van der Waals surface area (Å²) in [6, 6.07) is 8.85. The molecule has 0 atom stereocenters. The Morgan fingerprint density at radius 3 is 2.46 bits per heavy atom. The van der Waals surface area contributed by atoms with Crippen LogP contribution >= 0.6 is 22.6 Å². The van der Waals surface area contributed by atoms with Gasteiger partial charge < -0.3 is 14.2 Å². The molecule has 0 N–H and O–H groups in total. The van der Waals surface area contributed by atoms with Gasteiger partial charge in [0.15, 0.2) is 3.77 Å². The van der Waals surface area contributed by atoms with Crippen LogP contribution in [0.5, 0.6) is 0 Å². The molecule has 4 nitrogen and oxygen atoms in total. The number of carbonyl (C=O) groups excluding carboxylic acids is 1. The van der Waals surface area contributed by atoms with Crippen LogP contribution in [0, 0.1) is 3.77 Å². The first-order valence-electron chi connectivity index (χ1n) is 7.97. The summed E-state index contributed by atoms with van der Waals surface area (Å²) >= 11 is 2.04. The number of piperazine rings is 1. The Morgan fingerprint density at radius 2 is 1.85 bits per heavy atom. The lowest BCUT2D eigenvalue weighted by Crippen LogP contribution is -2.48. The molecule has 3 rings (SSSR count). The lowest BCUT2D eigenvalue weighted by Gasteiger charge is -2.35. The van der Waals surface area contributed by atoms with Crippen molar-refractivity contribution in [1.82, 2.24) is 4.90 Å². The normalized spacial score (nSPS) is 15.7.